The molecule has 0 aromatic carbocycles. The summed E-state index contributed by atoms with van der Waals surface area (Å²) < 4.78 is 6.82. The van der Waals surface area contributed by atoms with Crippen molar-refractivity contribution in [2.45, 2.75) is 24.5 Å². The van der Waals surface area contributed by atoms with Gasteiger partial charge < -0.3 is 20.7 Å². The van der Waals surface area contributed by atoms with Gasteiger partial charge in [-0.25, -0.2) is 10.9 Å². The lowest BCUT2D eigenvalue weighted by Crippen LogP contribution is -2.38. The second kappa shape index (κ2) is 5.05. The Balaban J connectivity index is 2.07. The minimum atomic E-state index is -1.17. The highest BCUT2D eigenvalue weighted by molar-refractivity contribution is 5.70. The van der Waals surface area contributed by atoms with Crippen molar-refractivity contribution in [2.24, 2.45) is 5.90 Å². The third-order valence-corrected chi connectivity index (χ3v) is 3.37. The third kappa shape index (κ3) is 2.07. The number of anilines is 1. The maximum atomic E-state index is 11.7. The van der Waals surface area contributed by atoms with Gasteiger partial charge >= 0.3 is 0 Å². The topological polar surface area (TPSA) is 175 Å². The molecule has 2 aromatic rings. The van der Waals surface area contributed by atoms with Gasteiger partial charge in [0.05, 0.1) is 12.9 Å². The van der Waals surface area contributed by atoms with Gasteiger partial charge in [0.15, 0.2) is 17.4 Å². The van der Waals surface area contributed by atoms with E-state index in [0.29, 0.717) is 0 Å². The highest BCUT2D eigenvalue weighted by Gasteiger charge is 2.45. The summed E-state index contributed by atoms with van der Waals surface area (Å²) in [4.78, 5) is 26.5. The zero-order valence-corrected chi connectivity index (χ0v) is 10.7. The van der Waals surface area contributed by atoms with Gasteiger partial charge in [-0.1, -0.05) is 0 Å². The van der Waals surface area contributed by atoms with Crippen molar-refractivity contribution in [2.75, 3.05) is 12.3 Å². The number of nitrogen functional groups attached to an aromatic ring is 1. The van der Waals surface area contributed by atoms with Gasteiger partial charge in [0.2, 0.25) is 5.95 Å². The lowest BCUT2D eigenvalue weighted by molar-refractivity contribution is -0.0613. The number of fused-ring (bicyclic) bond motifs is 1. The Morgan fingerprint density at radius 1 is 1.57 bits per heavy atom. The summed E-state index contributed by atoms with van der Waals surface area (Å²) in [5.74, 6) is 5.01. The van der Waals surface area contributed by atoms with E-state index in [1.54, 1.807) is 0 Å². The van der Waals surface area contributed by atoms with Crippen molar-refractivity contribution in [3.8, 4) is 0 Å². The number of nitrogens with one attached hydrogen (secondary N) is 1. The van der Waals surface area contributed by atoms with Crippen molar-refractivity contribution in [1.29, 1.82) is 0 Å². The monoisotopic (exact) mass is 298 g/mol. The molecule has 11 nitrogen and oxygen atoms in total. The molecular weight excluding hydrogens is 284 g/mol. The lowest BCUT2D eigenvalue weighted by atomic mass is 10.1. The van der Waals surface area contributed by atoms with E-state index in [9.17, 15) is 15.0 Å². The maximum Gasteiger partial charge on any atom is 0.280 e. The molecule has 0 spiro atoms. The molecule has 2 unspecified atom stereocenters. The van der Waals surface area contributed by atoms with Gasteiger partial charge in [0.25, 0.3) is 5.56 Å². The Hall–Kier alpha value is -2.05. The quantitative estimate of drug-likeness (QED) is 0.375. The number of imidazole rings is 1. The minimum Gasteiger partial charge on any atom is -0.394 e. The first-order valence-corrected chi connectivity index (χ1v) is 6.09. The highest BCUT2D eigenvalue weighted by Crippen LogP contribution is 2.31. The molecule has 2 aromatic heterocycles. The molecule has 0 saturated carbocycles. The predicted octanol–water partition coefficient (Wildman–Crippen LogP) is -2.79. The molecule has 0 radical (unpaired) electrons. The zero-order valence-electron chi connectivity index (χ0n) is 10.7. The largest absolute Gasteiger partial charge is 0.394 e. The Labute approximate surface area is 117 Å². The van der Waals surface area contributed by atoms with Gasteiger partial charge in [-0.05, 0) is 0 Å². The first-order valence-electron chi connectivity index (χ1n) is 6.09. The van der Waals surface area contributed by atoms with Crippen molar-refractivity contribution >= 4 is 17.1 Å². The smallest absolute Gasteiger partial charge is 0.280 e. The molecule has 3 rings (SSSR count). The van der Waals surface area contributed by atoms with Crippen molar-refractivity contribution in [1.82, 2.24) is 19.5 Å². The summed E-state index contributed by atoms with van der Waals surface area (Å²) >= 11 is 0. The molecular formula is C10H14N6O5. The van der Waals surface area contributed by atoms with E-state index in [2.05, 4.69) is 19.8 Å². The molecule has 1 aliphatic heterocycles. The number of aromatic nitrogens is 4. The maximum absolute atomic E-state index is 11.7. The van der Waals surface area contributed by atoms with Gasteiger partial charge in [0.1, 0.15) is 18.3 Å². The summed E-state index contributed by atoms with van der Waals surface area (Å²) in [6.45, 7) is -0.391. The number of hydrogen-bond donors (Lipinski definition) is 5. The number of rotatable bonds is 3. The van der Waals surface area contributed by atoms with E-state index in [-0.39, 0.29) is 17.1 Å². The Kier molecular flexibility index (Phi) is 3.35. The number of nitrogens with two attached hydrogens (primary N) is 2. The summed E-state index contributed by atoms with van der Waals surface area (Å²) in [7, 11) is 0. The first kappa shape index (κ1) is 13.9. The van der Waals surface area contributed by atoms with Crippen molar-refractivity contribution in [3.63, 3.8) is 0 Å². The summed E-state index contributed by atoms with van der Waals surface area (Å²) in [5.41, 5.74) is 5.19. The standard InChI is InChI=1S/C10H14N6O5/c11-10-14-7-4(8(19)15-10)13-2-16(7)9-5(18)6(21-12)3(1-17)20-9/h2-3,5-6,9,17-18H,1,12H2,(H3,11,14,15,19)/t3-,5?,6?,9-/m1/s1. The van der Waals surface area contributed by atoms with Crippen LogP contribution in [0, 0.1) is 0 Å². The highest BCUT2D eigenvalue weighted by atomic mass is 16.7. The summed E-state index contributed by atoms with van der Waals surface area (Å²) in [6.07, 6.45) is -2.59. The molecule has 1 saturated heterocycles. The van der Waals surface area contributed by atoms with E-state index in [1.807, 2.05) is 0 Å². The molecule has 0 amide bonds. The van der Waals surface area contributed by atoms with E-state index in [0.717, 1.165) is 0 Å². The number of aliphatic hydroxyl groups excluding tert-OH is 2. The average Bonchev–Trinajstić information content (AvgIpc) is 2.99. The van der Waals surface area contributed by atoms with Gasteiger partial charge in [-0.3, -0.25) is 19.2 Å². The Morgan fingerprint density at radius 3 is 2.95 bits per heavy atom. The fourth-order valence-corrected chi connectivity index (χ4v) is 2.39. The normalized spacial score (nSPS) is 29.3. The second-order valence-electron chi connectivity index (χ2n) is 4.61. The second-order valence-corrected chi connectivity index (χ2v) is 4.61. The minimum absolute atomic E-state index is 0.0534. The predicted molar refractivity (Wildman–Crippen MR) is 68.6 cm³/mol. The Bertz CT molecular complexity index is 714. The number of aliphatic hydroxyl groups is 2. The molecule has 7 N–H and O–H groups in total. The summed E-state index contributed by atoms with van der Waals surface area (Å²) in [6, 6.07) is 0. The fourth-order valence-electron chi connectivity index (χ4n) is 2.39. The number of hydrogen-bond acceptors (Lipinski definition) is 9. The van der Waals surface area contributed by atoms with Crippen LogP contribution in [0.25, 0.3) is 11.2 Å². The SMILES string of the molecule is NOC1C(O)[C@H](n2cnc3c(=O)[nH]c(N)nc32)O[C@@H]1CO. The van der Waals surface area contributed by atoms with E-state index in [4.69, 9.17) is 16.4 Å². The average molecular weight is 298 g/mol. The van der Waals surface area contributed by atoms with Crippen LogP contribution in [0.5, 0.6) is 0 Å². The fraction of sp³-hybridized carbons (Fsp3) is 0.500. The molecule has 11 heteroatoms. The van der Waals surface area contributed by atoms with Gasteiger partial charge in [0, 0.05) is 0 Å². The Morgan fingerprint density at radius 2 is 2.33 bits per heavy atom. The van der Waals surface area contributed by atoms with Crippen LogP contribution in [-0.4, -0.2) is 54.7 Å². The summed E-state index contributed by atoms with van der Waals surface area (Å²) in [5, 5.41) is 19.4. The number of aromatic amines is 1. The van der Waals surface area contributed by atoms with Crippen molar-refractivity contribution < 1.29 is 19.8 Å². The van der Waals surface area contributed by atoms with E-state index < -0.39 is 36.7 Å². The van der Waals surface area contributed by atoms with Gasteiger partial charge in [-0.15, -0.1) is 0 Å². The van der Waals surface area contributed by atoms with Crippen LogP contribution in [0.4, 0.5) is 5.95 Å². The first-order chi connectivity index (χ1) is 10.1. The molecule has 3 heterocycles. The third-order valence-electron chi connectivity index (χ3n) is 3.37. The van der Waals surface area contributed by atoms with Crippen LogP contribution in [-0.2, 0) is 9.57 Å². The number of nitrogens with zero attached hydrogens (tertiary/aromatic N) is 3. The molecule has 4 atom stereocenters. The van der Waals surface area contributed by atoms with Gasteiger partial charge in [-0.2, -0.15) is 4.98 Å². The van der Waals surface area contributed by atoms with Crippen molar-refractivity contribution in [3.05, 3.63) is 16.7 Å². The van der Waals surface area contributed by atoms with Crippen LogP contribution >= 0.6 is 0 Å². The number of ether oxygens (including phenoxy) is 1. The van der Waals surface area contributed by atoms with Crippen LogP contribution < -0.4 is 17.2 Å². The molecule has 0 bridgehead atoms. The van der Waals surface area contributed by atoms with E-state index >= 15 is 0 Å². The zero-order chi connectivity index (χ0) is 15.1. The molecule has 114 valence electrons. The van der Waals surface area contributed by atoms with Crippen LogP contribution in [0.15, 0.2) is 11.1 Å². The molecule has 21 heavy (non-hydrogen) atoms. The van der Waals surface area contributed by atoms with E-state index in [1.165, 1.54) is 10.9 Å². The lowest BCUT2D eigenvalue weighted by Gasteiger charge is -2.17. The number of H-pyrrole nitrogens is 1. The van der Waals surface area contributed by atoms with Crippen LogP contribution in [0.2, 0.25) is 0 Å². The molecule has 1 fully saturated rings. The van der Waals surface area contributed by atoms with Crippen LogP contribution in [0.3, 0.4) is 0 Å². The van der Waals surface area contributed by atoms with Crippen LogP contribution in [0.1, 0.15) is 6.23 Å². The molecule has 0 aliphatic carbocycles. The molecule has 1 aliphatic rings.